The molecular weight excluding hydrogens is 398 g/mol. The molecule has 0 atom stereocenters. The van der Waals surface area contributed by atoms with Gasteiger partial charge in [-0.25, -0.2) is 13.6 Å². The average Bonchev–Trinajstić information content (AvgIpc) is 3.01. The third kappa shape index (κ3) is 5.40. The molecule has 1 amide bonds. The summed E-state index contributed by atoms with van der Waals surface area (Å²) in [5, 5.41) is 6.10. The second-order valence-electron chi connectivity index (χ2n) is 6.40. The highest BCUT2D eigenvalue weighted by atomic mass is 19.1. The zero-order valence-electron chi connectivity index (χ0n) is 16.2. The third-order valence-electron chi connectivity index (χ3n) is 4.11. The van der Waals surface area contributed by atoms with Crippen LogP contribution in [-0.4, -0.2) is 23.6 Å². The summed E-state index contributed by atoms with van der Waals surface area (Å²) >= 11 is 0. The number of benzene rings is 2. The van der Waals surface area contributed by atoms with E-state index in [1.54, 1.807) is 26.0 Å². The van der Waals surface area contributed by atoms with Crippen LogP contribution >= 0.6 is 0 Å². The molecule has 0 aliphatic carbocycles. The van der Waals surface area contributed by atoms with E-state index in [4.69, 9.17) is 14.0 Å². The fourth-order valence-electron chi connectivity index (χ4n) is 2.61. The molecule has 7 nitrogen and oxygen atoms in total. The number of carbonyl (C=O) groups excluding carboxylic acids is 2. The summed E-state index contributed by atoms with van der Waals surface area (Å²) in [7, 11) is 0. The number of hydrogen-bond acceptors (Lipinski definition) is 6. The predicted molar refractivity (Wildman–Crippen MR) is 102 cm³/mol. The van der Waals surface area contributed by atoms with E-state index in [1.165, 1.54) is 12.1 Å². The van der Waals surface area contributed by atoms with Gasteiger partial charge in [0, 0.05) is 11.8 Å². The molecule has 0 aliphatic heterocycles. The molecule has 0 fully saturated rings. The first-order valence-electron chi connectivity index (χ1n) is 8.89. The number of hydrogen-bond donors (Lipinski definition) is 1. The monoisotopic (exact) mass is 416 g/mol. The number of carbonyl (C=O) groups is 2. The van der Waals surface area contributed by atoms with Crippen molar-refractivity contribution in [2.75, 3.05) is 11.9 Å². The zero-order chi connectivity index (χ0) is 21.7. The van der Waals surface area contributed by atoms with Crippen LogP contribution in [0.1, 0.15) is 27.4 Å². The Morgan fingerprint density at radius 3 is 2.50 bits per heavy atom. The molecule has 0 unspecified atom stereocenters. The second-order valence-corrected chi connectivity index (χ2v) is 6.40. The Kier molecular flexibility index (Phi) is 6.41. The van der Waals surface area contributed by atoms with Crippen molar-refractivity contribution in [3.05, 3.63) is 76.7 Å². The number of amides is 1. The van der Waals surface area contributed by atoms with Crippen molar-refractivity contribution >= 4 is 17.6 Å². The Labute approximate surface area is 170 Å². The Hall–Kier alpha value is -3.75. The van der Waals surface area contributed by atoms with Gasteiger partial charge >= 0.3 is 5.97 Å². The number of halogens is 2. The van der Waals surface area contributed by atoms with Gasteiger partial charge in [0.2, 0.25) is 0 Å². The maximum Gasteiger partial charge on any atom is 0.338 e. The van der Waals surface area contributed by atoms with E-state index in [-0.39, 0.29) is 17.9 Å². The minimum atomic E-state index is -0.837. The molecular formula is C21H18F2N2O5. The minimum absolute atomic E-state index is 0.0803. The van der Waals surface area contributed by atoms with Crippen LogP contribution in [0, 0.1) is 25.5 Å². The standard InChI is InChI=1S/C21H18F2N2O5/c1-12-19(13(2)30-25-12)10-28-18-5-3-4-14(6-18)21(27)29-11-20(26)24-17-8-15(22)7-16(23)9-17/h3-9H,10-11H2,1-2H3,(H,24,26). The van der Waals surface area contributed by atoms with Crippen molar-refractivity contribution in [1.82, 2.24) is 5.16 Å². The van der Waals surface area contributed by atoms with Crippen molar-refractivity contribution in [3.8, 4) is 5.75 Å². The molecule has 0 bridgehead atoms. The maximum atomic E-state index is 13.2. The molecule has 0 spiro atoms. The van der Waals surface area contributed by atoms with Gasteiger partial charge in [-0.1, -0.05) is 11.2 Å². The summed E-state index contributed by atoms with van der Waals surface area (Å²) in [6.45, 7) is 3.16. The van der Waals surface area contributed by atoms with E-state index in [0.29, 0.717) is 23.3 Å². The Balaban J connectivity index is 1.55. The van der Waals surface area contributed by atoms with Crippen LogP contribution in [0.15, 0.2) is 47.0 Å². The number of rotatable bonds is 7. The summed E-state index contributed by atoms with van der Waals surface area (Å²) in [6.07, 6.45) is 0. The lowest BCUT2D eigenvalue weighted by Gasteiger charge is -2.09. The van der Waals surface area contributed by atoms with Crippen molar-refractivity contribution in [1.29, 1.82) is 0 Å². The highest BCUT2D eigenvalue weighted by Crippen LogP contribution is 2.19. The van der Waals surface area contributed by atoms with Crippen LogP contribution in [-0.2, 0) is 16.1 Å². The van der Waals surface area contributed by atoms with Crippen LogP contribution in [0.3, 0.4) is 0 Å². The molecule has 0 saturated heterocycles. The minimum Gasteiger partial charge on any atom is -0.489 e. The van der Waals surface area contributed by atoms with Gasteiger partial charge in [0.25, 0.3) is 5.91 Å². The fraction of sp³-hybridized carbons (Fsp3) is 0.190. The zero-order valence-corrected chi connectivity index (χ0v) is 16.2. The normalized spacial score (nSPS) is 10.5. The van der Waals surface area contributed by atoms with E-state index in [2.05, 4.69) is 10.5 Å². The average molecular weight is 416 g/mol. The van der Waals surface area contributed by atoms with Crippen LogP contribution < -0.4 is 10.1 Å². The van der Waals surface area contributed by atoms with Gasteiger partial charge in [-0.15, -0.1) is 0 Å². The van der Waals surface area contributed by atoms with E-state index in [1.807, 2.05) is 0 Å². The molecule has 2 aromatic carbocycles. The summed E-state index contributed by atoms with van der Waals surface area (Å²) in [6, 6.07) is 8.82. The number of aromatic nitrogens is 1. The number of esters is 1. The topological polar surface area (TPSA) is 90.7 Å². The molecule has 1 N–H and O–H groups in total. The maximum absolute atomic E-state index is 13.2. The van der Waals surface area contributed by atoms with Crippen LogP contribution in [0.4, 0.5) is 14.5 Å². The Bertz CT molecular complexity index is 1040. The molecule has 1 heterocycles. The molecule has 1 aromatic heterocycles. The molecule has 0 saturated carbocycles. The first kappa shape index (κ1) is 21.0. The van der Waals surface area contributed by atoms with Gasteiger partial charge in [-0.05, 0) is 44.2 Å². The summed E-state index contributed by atoms with van der Waals surface area (Å²) < 4.78 is 42.0. The van der Waals surface area contributed by atoms with Gasteiger partial charge < -0.3 is 19.3 Å². The largest absolute Gasteiger partial charge is 0.489 e. The summed E-state index contributed by atoms with van der Waals surface area (Å²) in [5.74, 6) is -2.10. The van der Waals surface area contributed by atoms with Crippen LogP contribution in [0.2, 0.25) is 0 Å². The lowest BCUT2D eigenvalue weighted by Crippen LogP contribution is -2.21. The van der Waals surface area contributed by atoms with Crippen LogP contribution in [0.25, 0.3) is 0 Å². The quantitative estimate of drug-likeness (QED) is 0.587. The fourth-order valence-corrected chi connectivity index (χ4v) is 2.61. The van der Waals surface area contributed by atoms with Gasteiger partial charge in [0.15, 0.2) is 6.61 Å². The smallest absolute Gasteiger partial charge is 0.338 e. The molecule has 0 aliphatic rings. The van der Waals surface area contributed by atoms with Gasteiger partial charge in [-0.2, -0.15) is 0 Å². The second kappa shape index (κ2) is 9.17. The Morgan fingerprint density at radius 2 is 1.83 bits per heavy atom. The third-order valence-corrected chi connectivity index (χ3v) is 4.11. The highest BCUT2D eigenvalue weighted by molar-refractivity contribution is 5.95. The van der Waals surface area contributed by atoms with Crippen molar-refractivity contribution in [3.63, 3.8) is 0 Å². The van der Waals surface area contributed by atoms with Crippen molar-refractivity contribution in [2.24, 2.45) is 0 Å². The lowest BCUT2D eigenvalue weighted by atomic mass is 10.2. The van der Waals surface area contributed by atoms with Gasteiger partial charge in [0.1, 0.15) is 29.8 Å². The molecule has 3 aromatic rings. The van der Waals surface area contributed by atoms with Gasteiger partial charge in [-0.3, -0.25) is 4.79 Å². The van der Waals surface area contributed by atoms with Crippen molar-refractivity contribution < 1.29 is 32.4 Å². The van der Waals surface area contributed by atoms with E-state index >= 15 is 0 Å². The van der Waals surface area contributed by atoms with E-state index in [0.717, 1.165) is 17.7 Å². The first-order chi connectivity index (χ1) is 14.3. The molecule has 0 radical (unpaired) electrons. The highest BCUT2D eigenvalue weighted by Gasteiger charge is 2.13. The number of nitrogens with one attached hydrogen (secondary N) is 1. The number of ether oxygens (including phenoxy) is 2. The summed E-state index contributed by atoms with van der Waals surface area (Å²) in [5.41, 5.74) is 1.62. The molecule has 156 valence electrons. The molecule has 30 heavy (non-hydrogen) atoms. The molecule has 9 heteroatoms. The number of nitrogens with zero attached hydrogens (tertiary/aromatic N) is 1. The lowest BCUT2D eigenvalue weighted by molar-refractivity contribution is -0.119. The first-order valence-corrected chi connectivity index (χ1v) is 8.89. The van der Waals surface area contributed by atoms with Gasteiger partial charge in [0.05, 0.1) is 16.8 Å². The Morgan fingerprint density at radius 1 is 1.10 bits per heavy atom. The summed E-state index contributed by atoms with van der Waals surface area (Å²) in [4.78, 5) is 24.1. The van der Waals surface area contributed by atoms with E-state index < -0.39 is 30.1 Å². The number of aryl methyl sites for hydroxylation is 2. The van der Waals surface area contributed by atoms with Crippen molar-refractivity contribution in [2.45, 2.75) is 20.5 Å². The van der Waals surface area contributed by atoms with Crippen LogP contribution in [0.5, 0.6) is 5.75 Å². The SMILES string of the molecule is Cc1noc(C)c1COc1cccc(C(=O)OCC(=O)Nc2cc(F)cc(F)c2)c1. The predicted octanol–water partition coefficient (Wildman–Crippen LogP) is 3.94. The molecule has 3 rings (SSSR count). The number of anilines is 1. The van der Waals surface area contributed by atoms with E-state index in [9.17, 15) is 18.4 Å².